The first-order valence-corrected chi connectivity index (χ1v) is 4.25. The van der Waals surface area contributed by atoms with Gasteiger partial charge in [0.15, 0.2) is 5.75 Å². The Morgan fingerprint density at radius 1 is 1.46 bits per heavy atom. The minimum atomic E-state index is 0.591. The van der Waals surface area contributed by atoms with E-state index in [-0.39, 0.29) is 0 Å². The van der Waals surface area contributed by atoms with Crippen LogP contribution in [-0.4, -0.2) is 16.7 Å². The largest absolute Gasteiger partial charge is 0.493 e. The van der Waals surface area contributed by atoms with Gasteiger partial charge >= 0.3 is 0 Å². The van der Waals surface area contributed by atoms with Gasteiger partial charge in [-0.25, -0.2) is 4.98 Å². The summed E-state index contributed by atoms with van der Waals surface area (Å²) in [6.07, 6.45) is 1.74. The van der Waals surface area contributed by atoms with Crippen molar-refractivity contribution in [3.8, 4) is 5.75 Å². The summed E-state index contributed by atoms with van der Waals surface area (Å²) in [6.45, 7) is 0. The Morgan fingerprint density at radius 2 is 2.23 bits per heavy atom. The lowest BCUT2D eigenvalue weighted by atomic mass is 10.3. The van der Waals surface area contributed by atoms with Crippen molar-refractivity contribution in [3.05, 3.63) is 23.5 Å². The maximum atomic E-state index is 5.94. The molecule has 0 N–H and O–H groups in total. The minimum Gasteiger partial charge on any atom is -0.493 e. The van der Waals surface area contributed by atoms with Crippen LogP contribution in [0.3, 0.4) is 0 Å². The first kappa shape index (κ1) is 8.38. The molecule has 0 atom stereocenters. The lowest BCUT2D eigenvalue weighted by Crippen LogP contribution is -1.87. The summed E-state index contributed by atoms with van der Waals surface area (Å²) in [5.74, 6) is 0.639. The van der Waals surface area contributed by atoms with E-state index in [1.807, 2.05) is 23.7 Å². The lowest BCUT2D eigenvalue weighted by Gasteiger charge is -2.03. The Kier molecular flexibility index (Phi) is 1.88. The summed E-state index contributed by atoms with van der Waals surface area (Å²) in [5, 5.41) is 0.591. The highest BCUT2D eigenvalue weighted by Gasteiger charge is 2.09. The van der Waals surface area contributed by atoms with Crippen LogP contribution in [0.4, 0.5) is 0 Å². The van der Waals surface area contributed by atoms with E-state index in [4.69, 9.17) is 16.3 Å². The summed E-state index contributed by atoms with van der Waals surface area (Å²) in [5.41, 5.74) is 1.82. The van der Waals surface area contributed by atoms with Crippen molar-refractivity contribution in [2.75, 3.05) is 7.11 Å². The molecule has 1 aromatic carbocycles. The fourth-order valence-electron chi connectivity index (χ4n) is 1.35. The third-order valence-corrected chi connectivity index (χ3v) is 2.30. The topological polar surface area (TPSA) is 27.1 Å². The quantitative estimate of drug-likeness (QED) is 0.700. The average Bonchev–Trinajstić information content (AvgIpc) is 2.48. The molecule has 0 amide bonds. The molecule has 0 saturated carbocycles. The zero-order chi connectivity index (χ0) is 9.42. The number of fused-ring (bicyclic) bond motifs is 1. The lowest BCUT2D eigenvalue weighted by molar-refractivity contribution is 0.419. The molecule has 0 saturated heterocycles. The molecule has 2 aromatic rings. The van der Waals surface area contributed by atoms with Crippen LogP contribution in [0.25, 0.3) is 11.0 Å². The van der Waals surface area contributed by atoms with Gasteiger partial charge in [-0.05, 0) is 12.1 Å². The monoisotopic (exact) mass is 196 g/mol. The Morgan fingerprint density at radius 3 is 2.92 bits per heavy atom. The van der Waals surface area contributed by atoms with Crippen molar-refractivity contribution in [1.29, 1.82) is 0 Å². The number of benzene rings is 1. The fraction of sp³-hybridized carbons (Fsp3) is 0.222. The zero-order valence-corrected chi connectivity index (χ0v) is 8.17. The smallest absolute Gasteiger partial charge is 0.165 e. The van der Waals surface area contributed by atoms with Crippen molar-refractivity contribution in [2.24, 2.45) is 7.05 Å². The van der Waals surface area contributed by atoms with E-state index < -0.39 is 0 Å². The standard InChI is InChI=1S/C9H9ClN2O/c1-12-5-11-8-7(12)4-3-6(10)9(8)13-2/h3-5H,1-2H3. The Bertz CT molecular complexity index is 450. The summed E-state index contributed by atoms with van der Waals surface area (Å²) < 4.78 is 7.09. The van der Waals surface area contributed by atoms with E-state index in [0.29, 0.717) is 10.8 Å². The third-order valence-electron chi connectivity index (χ3n) is 2.01. The predicted molar refractivity (Wildman–Crippen MR) is 52.3 cm³/mol. The second-order valence-corrected chi connectivity index (χ2v) is 3.21. The Labute approximate surface area is 80.9 Å². The second-order valence-electron chi connectivity index (χ2n) is 2.80. The highest BCUT2D eigenvalue weighted by Crippen LogP contribution is 2.31. The van der Waals surface area contributed by atoms with E-state index in [0.717, 1.165) is 11.0 Å². The van der Waals surface area contributed by atoms with Gasteiger partial charge in [-0.2, -0.15) is 0 Å². The van der Waals surface area contributed by atoms with Crippen LogP contribution >= 0.6 is 11.6 Å². The zero-order valence-electron chi connectivity index (χ0n) is 7.41. The van der Waals surface area contributed by atoms with Gasteiger partial charge < -0.3 is 9.30 Å². The molecule has 0 radical (unpaired) electrons. The van der Waals surface area contributed by atoms with Crippen molar-refractivity contribution in [2.45, 2.75) is 0 Å². The number of hydrogen-bond acceptors (Lipinski definition) is 2. The number of aryl methyl sites for hydroxylation is 1. The average molecular weight is 197 g/mol. The SMILES string of the molecule is COc1c(Cl)ccc2c1ncn2C. The van der Waals surface area contributed by atoms with Gasteiger partial charge in [-0.1, -0.05) is 11.6 Å². The Hall–Kier alpha value is -1.22. The highest BCUT2D eigenvalue weighted by molar-refractivity contribution is 6.33. The van der Waals surface area contributed by atoms with Crippen LogP contribution < -0.4 is 4.74 Å². The maximum Gasteiger partial charge on any atom is 0.165 e. The number of imidazole rings is 1. The second kappa shape index (κ2) is 2.92. The van der Waals surface area contributed by atoms with Gasteiger partial charge in [0.2, 0.25) is 0 Å². The molecule has 0 aliphatic rings. The molecule has 1 heterocycles. The number of halogens is 1. The fourth-order valence-corrected chi connectivity index (χ4v) is 1.58. The van der Waals surface area contributed by atoms with E-state index in [1.54, 1.807) is 13.4 Å². The molecule has 0 fully saturated rings. The first-order chi connectivity index (χ1) is 6.24. The molecule has 1 aromatic heterocycles. The molecule has 68 valence electrons. The van der Waals surface area contributed by atoms with Crippen LogP contribution in [0.15, 0.2) is 18.5 Å². The van der Waals surface area contributed by atoms with Crippen molar-refractivity contribution in [3.63, 3.8) is 0 Å². The maximum absolute atomic E-state index is 5.94. The molecule has 3 nitrogen and oxygen atoms in total. The van der Waals surface area contributed by atoms with Crippen molar-refractivity contribution >= 4 is 22.6 Å². The van der Waals surface area contributed by atoms with Crippen LogP contribution in [0.2, 0.25) is 5.02 Å². The van der Waals surface area contributed by atoms with Crippen LogP contribution in [0.1, 0.15) is 0 Å². The van der Waals surface area contributed by atoms with E-state index in [9.17, 15) is 0 Å². The normalized spacial score (nSPS) is 10.7. The van der Waals surface area contributed by atoms with Crippen molar-refractivity contribution < 1.29 is 4.74 Å². The number of ether oxygens (including phenoxy) is 1. The van der Waals surface area contributed by atoms with Gasteiger partial charge in [0.25, 0.3) is 0 Å². The molecule has 4 heteroatoms. The summed E-state index contributed by atoms with van der Waals surface area (Å²) >= 11 is 5.94. The molecule has 0 bridgehead atoms. The summed E-state index contributed by atoms with van der Waals surface area (Å²) in [6, 6.07) is 3.73. The molecule has 0 aliphatic carbocycles. The van der Waals surface area contributed by atoms with Crippen LogP contribution in [-0.2, 0) is 7.05 Å². The molecular weight excluding hydrogens is 188 g/mol. The summed E-state index contributed by atoms with van der Waals surface area (Å²) in [4.78, 5) is 4.20. The summed E-state index contributed by atoms with van der Waals surface area (Å²) in [7, 11) is 3.53. The van der Waals surface area contributed by atoms with E-state index >= 15 is 0 Å². The van der Waals surface area contributed by atoms with Gasteiger partial charge in [0.05, 0.1) is 24.0 Å². The van der Waals surface area contributed by atoms with Gasteiger partial charge in [-0.15, -0.1) is 0 Å². The first-order valence-electron chi connectivity index (χ1n) is 3.87. The molecular formula is C9H9ClN2O. The van der Waals surface area contributed by atoms with Gasteiger partial charge in [0, 0.05) is 7.05 Å². The van der Waals surface area contributed by atoms with Gasteiger partial charge in [-0.3, -0.25) is 0 Å². The third kappa shape index (κ3) is 1.16. The molecule has 0 unspecified atom stereocenters. The molecule has 0 aliphatic heterocycles. The van der Waals surface area contributed by atoms with Gasteiger partial charge in [0.1, 0.15) is 5.52 Å². The van der Waals surface area contributed by atoms with E-state index in [1.165, 1.54) is 0 Å². The highest BCUT2D eigenvalue weighted by atomic mass is 35.5. The molecule has 13 heavy (non-hydrogen) atoms. The minimum absolute atomic E-state index is 0.591. The Balaban J connectivity index is 2.85. The van der Waals surface area contributed by atoms with Crippen LogP contribution in [0, 0.1) is 0 Å². The number of methoxy groups -OCH3 is 1. The molecule has 0 spiro atoms. The molecule has 2 rings (SSSR count). The van der Waals surface area contributed by atoms with Crippen molar-refractivity contribution in [1.82, 2.24) is 9.55 Å². The number of rotatable bonds is 1. The number of aromatic nitrogens is 2. The number of hydrogen-bond donors (Lipinski definition) is 0. The van der Waals surface area contributed by atoms with Crippen LogP contribution in [0.5, 0.6) is 5.75 Å². The number of nitrogens with zero attached hydrogens (tertiary/aromatic N) is 2. The predicted octanol–water partition coefficient (Wildman–Crippen LogP) is 2.24. The van der Waals surface area contributed by atoms with E-state index in [2.05, 4.69) is 4.98 Å².